The van der Waals surface area contributed by atoms with Crippen molar-refractivity contribution in [2.45, 2.75) is 39.7 Å². The van der Waals surface area contributed by atoms with Crippen molar-refractivity contribution in [3.05, 3.63) is 18.2 Å². The van der Waals surface area contributed by atoms with Crippen LogP contribution in [-0.2, 0) is 13.0 Å². The molecular weight excluding hydrogens is 198 g/mol. The lowest BCUT2D eigenvalue weighted by atomic mass is 10.0. The Bertz CT molecular complexity index is 319. The Kier molecular flexibility index (Phi) is 3.99. The van der Waals surface area contributed by atoms with E-state index >= 15 is 0 Å². The van der Waals surface area contributed by atoms with Crippen LogP contribution < -0.4 is 0 Å². The van der Waals surface area contributed by atoms with E-state index in [1.54, 1.807) is 0 Å². The quantitative estimate of drug-likeness (QED) is 0.777. The second-order valence-electron chi connectivity index (χ2n) is 4.94. The highest BCUT2D eigenvalue weighted by molar-refractivity contribution is 4.91. The summed E-state index contributed by atoms with van der Waals surface area (Å²) < 4.78 is 2.29. The summed E-state index contributed by atoms with van der Waals surface area (Å²) in [6, 6.07) is 0. The Labute approximate surface area is 98.5 Å². The Balaban J connectivity index is 1.82. The molecule has 3 nitrogen and oxygen atoms in total. The summed E-state index contributed by atoms with van der Waals surface area (Å²) in [5.74, 6) is 2.09. The smallest absolute Gasteiger partial charge is 0.108 e. The van der Waals surface area contributed by atoms with Crippen LogP contribution in [0.3, 0.4) is 0 Å². The fourth-order valence-corrected chi connectivity index (χ4v) is 2.60. The predicted octanol–water partition coefficient (Wildman–Crippen LogP) is 2.18. The van der Waals surface area contributed by atoms with Gasteiger partial charge in [0.1, 0.15) is 5.82 Å². The van der Waals surface area contributed by atoms with Crippen molar-refractivity contribution in [2.75, 3.05) is 19.6 Å². The molecule has 16 heavy (non-hydrogen) atoms. The highest BCUT2D eigenvalue weighted by Crippen LogP contribution is 2.15. The lowest BCUT2D eigenvalue weighted by Gasteiger charge is -2.30. The molecule has 0 unspecified atom stereocenters. The molecule has 0 radical (unpaired) electrons. The first kappa shape index (κ1) is 11.6. The van der Waals surface area contributed by atoms with Crippen LogP contribution in [0.2, 0.25) is 0 Å². The molecule has 0 amide bonds. The van der Waals surface area contributed by atoms with Crippen LogP contribution in [-0.4, -0.2) is 34.1 Å². The Morgan fingerprint density at radius 2 is 2.31 bits per heavy atom. The van der Waals surface area contributed by atoms with Gasteiger partial charge in [0.05, 0.1) is 0 Å². The van der Waals surface area contributed by atoms with Gasteiger partial charge in [0.25, 0.3) is 0 Å². The summed E-state index contributed by atoms with van der Waals surface area (Å²) >= 11 is 0. The fourth-order valence-electron chi connectivity index (χ4n) is 2.60. The Morgan fingerprint density at radius 3 is 3.06 bits per heavy atom. The van der Waals surface area contributed by atoms with Gasteiger partial charge in [-0.05, 0) is 25.3 Å². The summed E-state index contributed by atoms with van der Waals surface area (Å²) in [4.78, 5) is 6.95. The highest BCUT2D eigenvalue weighted by atomic mass is 15.2. The molecule has 0 spiro atoms. The van der Waals surface area contributed by atoms with Crippen molar-refractivity contribution in [2.24, 2.45) is 5.92 Å². The minimum Gasteiger partial charge on any atom is -0.334 e. The zero-order valence-corrected chi connectivity index (χ0v) is 10.5. The third kappa shape index (κ3) is 2.85. The molecule has 0 aliphatic carbocycles. The Hall–Kier alpha value is -0.830. The van der Waals surface area contributed by atoms with Gasteiger partial charge < -0.3 is 9.47 Å². The van der Waals surface area contributed by atoms with Gasteiger partial charge in [0.2, 0.25) is 0 Å². The van der Waals surface area contributed by atoms with Gasteiger partial charge in [0.15, 0.2) is 0 Å². The van der Waals surface area contributed by atoms with E-state index < -0.39 is 0 Å². The van der Waals surface area contributed by atoms with E-state index in [0.29, 0.717) is 0 Å². The van der Waals surface area contributed by atoms with Gasteiger partial charge >= 0.3 is 0 Å². The average Bonchev–Trinajstić information content (AvgIpc) is 2.74. The topological polar surface area (TPSA) is 21.1 Å². The molecule has 1 atom stereocenters. The number of hydrogen-bond donors (Lipinski definition) is 0. The summed E-state index contributed by atoms with van der Waals surface area (Å²) in [6.45, 7) is 9.35. The van der Waals surface area contributed by atoms with Gasteiger partial charge in [-0.1, -0.05) is 13.8 Å². The van der Waals surface area contributed by atoms with E-state index in [-0.39, 0.29) is 0 Å². The molecule has 1 fully saturated rings. The molecular formula is C13H23N3. The van der Waals surface area contributed by atoms with E-state index in [1.807, 2.05) is 6.20 Å². The summed E-state index contributed by atoms with van der Waals surface area (Å²) in [5, 5.41) is 0. The van der Waals surface area contributed by atoms with Gasteiger partial charge in [-0.2, -0.15) is 0 Å². The maximum absolute atomic E-state index is 4.36. The lowest BCUT2D eigenvalue weighted by Crippen LogP contribution is -2.36. The number of likely N-dealkylation sites (tertiary alicyclic amines) is 1. The van der Waals surface area contributed by atoms with E-state index in [0.717, 1.165) is 18.9 Å². The number of hydrogen-bond acceptors (Lipinski definition) is 2. The van der Waals surface area contributed by atoms with Crippen molar-refractivity contribution < 1.29 is 0 Å². The second-order valence-corrected chi connectivity index (χ2v) is 4.94. The summed E-state index contributed by atoms with van der Waals surface area (Å²) in [6.07, 6.45) is 7.82. The second kappa shape index (κ2) is 5.48. The molecule has 0 bridgehead atoms. The van der Waals surface area contributed by atoms with Crippen LogP contribution in [0, 0.1) is 5.92 Å². The minimum atomic E-state index is 0.877. The van der Waals surface area contributed by atoms with Crippen LogP contribution in [0.5, 0.6) is 0 Å². The molecule has 90 valence electrons. The number of aryl methyl sites for hydroxylation is 1. The molecule has 2 heterocycles. The van der Waals surface area contributed by atoms with Crippen LogP contribution in [0.25, 0.3) is 0 Å². The summed E-state index contributed by atoms with van der Waals surface area (Å²) in [5.41, 5.74) is 0. The molecule has 2 rings (SSSR count). The zero-order chi connectivity index (χ0) is 11.4. The fraction of sp³-hybridized carbons (Fsp3) is 0.769. The number of imidazole rings is 1. The van der Waals surface area contributed by atoms with Crippen LogP contribution >= 0.6 is 0 Å². The van der Waals surface area contributed by atoms with Crippen LogP contribution in [0.4, 0.5) is 0 Å². The molecule has 0 aromatic carbocycles. The zero-order valence-electron chi connectivity index (χ0n) is 10.5. The van der Waals surface area contributed by atoms with Crippen molar-refractivity contribution in [3.8, 4) is 0 Å². The van der Waals surface area contributed by atoms with E-state index in [1.165, 1.54) is 38.3 Å². The monoisotopic (exact) mass is 221 g/mol. The standard InChI is InChI=1S/C13H23N3/c1-3-13-14-6-8-16(13)10-9-15-7-4-5-12(2)11-15/h6,8,12H,3-5,7,9-11H2,1-2H3/t12-/m1/s1. The van der Waals surface area contributed by atoms with E-state index in [9.17, 15) is 0 Å². The average molecular weight is 221 g/mol. The maximum Gasteiger partial charge on any atom is 0.108 e. The molecule has 1 aromatic heterocycles. The van der Waals surface area contributed by atoms with Crippen LogP contribution in [0.15, 0.2) is 12.4 Å². The van der Waals surface area contributed by atoms with Crippen molar-refractivity contribution in [3.63, 3.8) is 0 Å². The maximum atomic E-state index is 4.36. The lowest BCUT2D eigenvalue weighted by molar-refractivity contribution is 0.177. The normalized spacial score (nSPS) is 22.5. The van der Waals surface area contributed by atoms with E-state index in [4.69, 9.17) is 0 Å². The molecule has 3 heteroatoms. The molecule has 0 N–H and O–H groups in total. The molecule has 1 aliphatic heterocycles. The first-order chi connectivity index (χ1) is 7.79. The summed E-state index contributed by atoms with van der Waals surface area (Å²) in [7, 11) is 0. The SMILES string of the molecule is CCc1nccn1CCN1CCC[C@@H](C)C1. The van der Waals surface area contributed by atoms with Gasteiger partial charge in [-0.25, -0.2) is 4.98 Å². The van der Waals surface area contributed by atoms with Crippen molar-refractivity contribution >= 4 is 0 Å². The number of rotatable bonds is 4. The number of piperidine rings is 1. The predicted molar refractivity (Wildman–Crippen MR) is 66.4 cm³/mol. The third-order valence-electron chi connectivity index (χ3n) is 3.52. The molecule has 1 saturated heterocycles. The third-order valence-corrected chi connectivity index (χ3v) is 3.52. The van der Waals surface area contributed by atoms with Gasteiger partial charge in [-0.15, -0.1) is 0 Å². The van der Waals surface area contributed by atoms with Crippen molar-refractivity contribution in [1.82, 2.24) is 14.5 Å². The van der Waals surface area contributed by atoms with E-state index in [2.05, 4.69) is 34.5 Å². The van der Waals surface area contributed by atoms with Gasteiger partial charge in [-0.3, -0.25) is 0 Å². The molecule has 1 aromatic rings. The first-order valence-corrected chi connectivity index (χ1v) is 6.52. The minimum absolute atomic E-state index is 0.877. The van der Waals surface area contributed by atoms with Crippen LogP contribution in [0.1, 0.15) is 32.5 Å². The Morgan fingerprint density at radius 1 is 1.44 bits per heavy atom. The molecule has 1 aliphatic rings. The van der Waals surface area contributed by atoms with Gasteiger partial charge in [0, 0.05) is 38.4 Å². The first-order valence-electron chi connectivity index (χ1n) is 6.52. The highest BCUT2D eigenvalue weighted by Gasteiger charge is 2.15. The molecule has 0 saturated carbocycles. The number of nitrogens with zero attached hydrogens (tertiary/aromatic N) is 3. The van der Waals surface area contributed by atoms with Crippen molar-refractivity contribution in [1.29, 1.82) is 0 Å². The number of aromatic nitrogens is 2. The largest absolute Gasteiger partial charge is 0.334 e.